The Hall–Kier alpha value is -3.02. The second-order valence-electron chi connectivity index (χ2n) is 5.48. The van der Waals surface area contributed by atoms with Crippen molar-refractivity contribution in [3.63, 3.8) is 0 Å². The molecule has 2 aromatic rings. The van der Waals surface area contributed by atoms with Crippen molar-refractivity contribution < 1.29 is 9.59 Å². The number of aryl methyl sites for hydroxylation is 1. The predicted molar refractivity (Wildman–Crippen MR) is 94.0 cm³/mol. The summed E-state index contributed by atoms with van der Waals surface area (Å²) in [5, 5.41) is 6.79. The van der Waals surface area contributed by atoms with Crippen LogP contribution in [-0.2, 0) is 4.79 Å². The van der Waals surface area contributed by atoms with Crippen molar-refractivity contribution in [2.24, 2.45) is 5.10 Å². The normalized spacial score (nSPS) is 11.0. The number of anilines is 1. The average Bonchev–Trinajstić information content (AvgIpc) is 2.57. The Bertz CT molecular complexity index is 770. The number of rotatable bonds is 5. The number of hydrogen-bond acceptors (Lipinski definition) is 4. The molecular weight excluding hydrogens is 304 g/mol. The average molecular weight is 324 g/mol. The maximum Gasteiger partial charge on any atom is 0.289 e. The van der Waals surface area contributed by atoms with E-state index in [9.17, 15) is 9.59 Å². The van der Waals surface area contributed by atoms with Crippen LogP contribution in [-0.4, -0.2) is 22.5 Å². The summed E-state index contributed by atoms with van der Waals surface area (Å²) in [6.07, 6.45) is 1.62. The highest BCUT2D eigenvalue weighted by atomic mass is 16.2. The minimum absolute atomic E-state index is 0.0931. The van der Waals surface area contributed by atoms with E-state index in [4.69, 9.17) is 0 Å². The molecule has 2 N–H and O–H groups in total. The van der Waals surface area contributed by atoms with Crippen LogP contribution < -0.4 is 10.7 Å². The van der Waals surface area contributed by atoms with E-state index in [0.717, 1.165) is 16.8 Å². The Balaban J connectivity index is 1.91. The molecule has 0 aliphatic rings. The Morgan fingerprint density at radius 1 is 1.12 bits per heavy atom. The van der Waals surface area contributed by atoms with E-state index in [1.807, 2.05) is 32.0 Å². The van der Waals surface area contributed by atoms with Crippen molar-refractivity contribution in [3.05, 3.63) is 59.4 Å². The number of benzene rings is 1. The maximum absolute atomic E-state index is 12.1. The molecule has 6 heteroatoms. The zero-order valence-corrected chi connectivity index (χ0v) is 14.0. The molecule has 0 atom stereocenters. The molecule has 0 fully saturated rings. The molecular formula is C18H20N4O2. The smallest absolute Gasteiger partial charge is 0.289 e. The van der Waals surface area contributed by atoms with Gasteiger partial charge in [-0.3, -0.25) is 14.6 Å². The van der Waals surface area contributed by atoms with Crippen LogP contribution >= 0.6 is 0 Å². The maximum atomic E-state index is 12.1. The molecule has 0 aliphatic carbocycles. The van der Waals surface area contributed by atoms with E-state index in [1.54, 1.807) is 25.1 Å². The third-order valence-electron chi connectivity index (χ3n) is 3.54. The monoisotopic (exact) mass is 324 g/mol. The number of hydrazone groups is 1. The molecule has 0 bridgehead atoms. The van der Waals surface area contributed by atoms with E-state index in [2.05, 4.69) is 20.8 Å². The third kappa shape index (κ3) is 4.74. The lowest BCUT2D eigenvalue weighted by molar-refractivity contribution is -0.115. The number of carbonyl (C=O) groups excluding carboxylic acids is 2. The summed E-state index contributed by atoms with van der Waals surface area (Å²) in [5.74, 6) is -0.595. The summed E-state index contributed by atoms with van der Waals surface area (Å²) in [4.78, 5) is 27.8. The first-order valence-electron chi connectivity index (χ1n) is 7.58. The number of carbonyl (C=O) groups is 2. The summed E-state index contributed by atoms with van der Waals surface area (Å²) in [6.45, 7) is 5.63. The lowest BCUT2D eigenvalue weighted by Crippen LogP contribution is -2.22. The summed E-state index contributed by atoms with van der Waals surface area (Å²) in [6, 6.07) is 10.8. The van der Waals surface area contributed by atoms with Gasteiger partial charge in [-0.05, 0) is 50.1 Å². The van der Waals surface area contributed by atoms with Gasteiger partial charge in [-0.15, -0.1) is 0 Å². The van der Waals surface area contributed by atoms with Gasteiger partial charge < -0.3 is 5.32 Å². The van der Waals surface area contributed by atoms with Crippen LogP contribution in [0.5, 0.6) is 0 Å². The van der Waals surface area contributed by atoms with Gasteiger partial charge in [-0.1, -0.05) is 18.2 Å². The van der Waals surface area contributed by atoms with Gasteiger partial charge in [-0.2, -0.15) is 5.10 Å². The number of nitrogens with one attached hydrogen (secondary N) is 2. The Kier molecular flexibility index (Phi) is 5.78. The summed E-state index contributed by atoms with van der Waals surface area (Å²) >= 11 is 0. The highest BCUT2D eigenvalue weighted by Gasteiger charge is 2.09. The summed E-state index contributed by atoms with van der Waals surface area (Å²) in [7, 11) is 0. The van der Waals surface area contributed by atoms with E-state index in [0.29, 0.717) is 5.71 Å². The Morgan fingerprint density at radius 3 is 2.62 bits per heavy atom. The molecule has 24 heavy (non-hydrogen) atoms. The van der Waals surface area contributed by atoms with Crippen LogP contribution in [0, 0.1) is 13.8 Å². The molecule has 0 aliphatic heterocycles. The van der Waals surface area contributed by atoms with Crippen molar-refractivity contribution in [2.45, 2.75) is 27.2 Å². The number of amides is 2. The minimum atomic E-state index is -0.412. The first kappa shape index (κ1) is 17.3. The fourth-order valence-electron chi connectivity index (χ4n) is 2.05. The van der Waals surface area contributed by atoms with Gasteiger partial charge in [-0.25, -0.2) is 5.43 Å². The lowest BCUT2D eigenvalue weighted by Gasteiger charge is -2.10. The first-order valence-corrected chi connectivity index (χ1v) is 7.58. The van der Waals surface area contributed by atoms with Crippen LogP contribution in [0.3, 0.4) is 0 Å². The SMILES string of the molecule is C/C(CC(=O)Nc1cccc(C)c1C)=N\NC(=O)c1ccccn1. The largest absolute Gasteiger partial charge is 0.326 e. The van der Waals surface area contributed by atoms with Gasteiger partial charge in [0.05, 0.1) is 6.42 Å². The fraction of sp³-hybridized carbons (Fsp3) is 0.222. The standard InChI is InChI=1S/C18H20N4O2/c1-12-7-6-9-15(14(12)3)20-17(23)11-13(2)21-22-18(24)16-8-4-5-10-19-16/h4-10H,11H2,1-3H3,(H,20,23)(H,22,24)/b21-13+. The van der Waals surface area contributed by atoms with Gasteiger partial charge in [0.15, 0.2) is 0 Å². The van der Waals surface area contributed by atoms with Crippen molar-refractivity contribution in [1.82, 2.24) is 10.4 Å². The van der Waals surface area contributed by atoms with Gasteiger partial charge in [0.2, 0.25) is 5.91 Å². The van der Waals surface area contributed by atoms with Crippen LogP contribution in [0.1, 0.15) is 35.0 Å². The van der Waals surface area contributed by atoms with Gasteiger partial charge >= 0.3 is 0 Å². The quantitative estimate of drug-likeness (QED) is 0.655. The second-order valence-corrected chi connectivity index (χ2v) is 5.48. The zero-order valence-electron chi connectivity index (χ0n) is 14.0. The molecule has 2 rings (SSSR count). The van der Waals surface area contributed by atoms with Crippen LogP contribution in [0.15, 0.2) is 47.7 Å². The Labute approximate surface area is 141 Å². The van der Waals surface area contributed by atoms with E-state index >= 15 is 0 Å². The molecule has 6 nitrogen and oxygen atoms in total. The highest BCUT2D eigenvalue weighted by Crippen LogP contribution is 2.18. The van der Waals surface area contributed by atoms with Gasteiger partial charge in [0.25, 0.3) is 5.91 Å². The van der Waals surface area contributed by atoms with Crippen molar-refractivity contribution in [1.29, 1.82) is 0 Å². The van der Waals surface area contributed by atoms with Gasteiger partial charge in [0, 0.05) is 17.6 Å². The number of pyridine rings is 1. The van der Waals surface area contributed by atoms with Crippen molar-refractivity contribution in [3.8, 4) is 0 Å². The molecule has 124 valence electrons. The lowest BCUT2D eigenvalue weighted by atomic mass is 10.1. The molecule has 0 saturated heterocycles. The molecule has 0 unspecified atom stereocenters. The van der Waals surface area contributed by atoms with Crippen LogP contribution in [0.4, 0.5) is 5.69 Å². The predicted octanol–water partition coefficient (Wildman–Crippen LogP) is 2.83. The number of hydrogen-bond donors (Lipinski definition) is 2. The summed E-state index contributed by atoms with van der Waals surface area (Å²) < 4.78 is 0. The number of aromatic nitrogens is 1. The third-order valence-corrected chi connectivity index (χ3v) is 3.54. The fourth-order valence-corrected chi connectivity index (χ4v) is 2.05. The summed E-state index contributed by atoms with van der Waals surface area (Å²) in [5.41, 5.74) is 6.09. The van der Waals surface area contributed by atoms with Crippen LogP contribution in [0.2, 0.25) is 0 Å². The Morgan fingerprint density at radius 2 is 1.92 bits per heavy atom. The minimum Gasteiger partial charge on any atom is -0.326 e. The van der Waals surface area contributed by atoms with E-state index < -0.39 is 5.91 Å². The number of nitrogens with zero attached hydrogens (tertiary/aromatic N) is 2. The molecule has 2 amide bonds. The molecule has 0 radical (unpaired) electrons. The first-order chi connectivity index (χ1) is 11.5. The zero-order chi connectivity index (χ0) is 17.5. The van der Waals surface area contributed by atoms with E-state index in [1.165, 1.54) is 6.20 Å². The molecule has 1 aromatic carbocycles. The van der Waals surface area contributed by atoms with Crippen molar-refractivity contribution in [2.75, 3.05) is 5.32 Å². The molecule has 0 spiro atoms. The van der Waals surface area contributed by atoms with E-state index in [-0.39, 0.29) is 18.0 Å². The van der Waals surface area contributed by atoms with Crippen LogP contribution in [0.25, 0.3) is 0 Å². The van der Waals surface area contributed by atoms with Gasteiger partial charge in [0.1, 0.15) is 5.69 Å². The molecule has 0 saturated carbocycles. The molecule has 1 aromatic heterocycles. The second kappa shape index (κ2) is 8.01. The molecule has 1 heterocycles. The highest BCUT2D eigenvalue weighted by molar-refractivity contribution is 6.06. The van der Waals surface area contributed by atoms with Crippen molar-refractivity contribution >= 4 is 23.2 Å². The topological polar surface area (TPSA) is 83.5 Å².